The first kappa shape index (κ1) is 27.1. The molecule has 0 bridgehead atoms. The summed E-state index contributed by atoms with van der Waals surface area (Å²) >= 11 is 1.25. The van der Waals surface area contributed by atoms with Gasteiger partial charge in [-0.05, 0) is 55.2 Å². The second kappa shape index (κ2) is 11.3. The second-order valence-electron chi connectivity index (χ2n) is 9.64. The number of aromatic nitrogens is 1. The SMILES string of the molecule is Cc1ccc(C(=O)Nc2ccc(CN3CCOCC3)c(C(F)(F)F)c2)cc1NC(=O)c1cnc(NC2CC2)s1. The standard InChI is InChI=1S/C27H28F3N5O3S/c1-16-2-3-17(12-22(16)34-25(37)23-14-31-26(39-23)33-19-6-7-19)24(36)32-20-5-4-18(21(13-20)27(28,29)30)15-35-8-10-38-11-9-35/h2-5,12-14,19H,6-11,15H2,1H3,(H,31,33)(H,32,36)(H,34,37). The molecule has 2 aromatic carbocycles. The number of morpholine rings is 1. The molecule has 0 radical (unpaired) electrons. The van der Waals surface area contributed by atoms with Crippen molar-refractivity contribution in [1.82, 2.24) is 9.88 Å². The zero-order valence-electron chi connectivity index (χ0n) is 21.2. The highest BCUT2D eigenvalue weighted by atomic mass is 32.1. The number of amides is 2. The number of halogens is 3. The average molecular weight is 560 g/mol. The van der Waals surface area contributed by atoms with E-state index >= 15 is 0 Å². The van der Waals surface area contributed by atoms with E-state index in [1.807, 2.05) is 4.90 Å². The number of aryl methyl sites for hydroxylation is 1. The first-order valence-corrected chi connectivity index (χ1v) is 13.4. The van der Waals surface area contributed by atoms with Gasteiger partial charge in [-0.15, -0.1) is 0 Å². The highest BCUT2D eigenvalue weighted by molar-refractivity contribution is 7.17. The van der Waals surface area contributed by atoms with Crippen molar-refractivity contribution in [3.8, 4) is 0 Å². The maximum absolute atomic E-state index is 13.9. The van der Waals surface area contributed by atoms with E-state index in [4.69, 9.17) is 4.74 Å². The third-order valence-corrected chi connectivity index (χ3v) is 7.48. The van der Waals surface area contributed by atoms with E-state index in [-0.39, 0.29) is 29.3 Å². The van der Waals surface area contributed by atoms with Gasteiger partial charge in [0.25, 0.3) is 11.8 Å². The molecule has 2 amide bonds. The molecule has 3 aromatic rings. The smallest absolute Gasteiger partial charge is 0.379 e. The Hall–Kier alpha value is -3.48. The van der Waals surface area contributed by atoms with Crippen LogP contribution in [0.1, 0.15) is 49.6 Å². The Morgan fingerprint density at radius 2 is 1.85 bits per heavy atom. The number of thiazole rings is 1. The lowest BCUT2D eigenvalue weighted by Crippen LogP contribution is -2.36. The fourth-order valence-corrected chi connectivity index (χ4v) is 4.98. The molecular formula is C27H28F3N5O3S. The van der Waals surface area contributed by atoms with Crippen molar-refractivity contribution >= 4 is 39.7 Å². The van der Waals surface area contributed by atoms with Crippen LogP contribution in [0.15, 0.2) is 42.6 Å². The van der Waals surface area contributed by atoms with E-state index in [0.717, 1.165) is 24.5 Å². The summed E-state index contributed by atoms with van der Waals surface area (Å²) < 4.78 is 46.9. The van der Waals surface area contributed by atoms with Gasteiger partial charge in [0.2, 0.25) is 0 Å². The molecule has 1 aliphatic carbocycles. The van der Waals surface area contributed by atoms with E-state index in [0.29, 0.717) is 48.0 Å². The maximum Gasteiger partial charge on any atom is 0.416 e. The Labute approximate surface area is 227 Å². The molecule has 2 fully saturated rings. The summed E-state index contributed by atoms with van der Waals surface area (Å²) in [6, 6.07) is 8.98. The van der Waals surface area contributed by atoms with Gasteiger partial charge >= 0.3 is 6.18 Å². The predicted octanol–water partition coefficient (Wildman–Crippen LogP) is 5.38. The van der Waals surface area contributed by atoms with Gasteiger partial charge in [0, 0.05) is 42.6 Å². The Morgan fingerprint density at radius 3 is 2.56 bits per heavy atom. The molecule has 2 aliphatic rings. The summed E-state index contributed by atoms with van der Waals surface area (Å²) in [6.07, 6.45) is -0.900. The third-order valence-electron chi connectivity index (χ3n) is 6.55. The molecule has 1 aromatic heterocycles. The number of benzene rings is 2. The van der Waals surface area contributed by atoms with E-state index in [1.54, 1.807) is 19.1 Å². The summed E-state index contributed by atoms with van der Waals surface area (Å²) in [7, 11) is 0. The second-order valence-corrected chi connectivity index (χ2v) is 10.7. The molecule has 0 unspecified atom stereocenters. The number of carbonyl (C=O) groups is 2. The van der Waals surface area contributed by atoms with Crippen LogP contribution in [-0.2, 0) is 17.5 Å². The Balaban J connectivity index is 1.28. The summed E-state index contributed by atoms with van der Waals surface area (Å²) in [4.78, 5) is 32.3. The molecule has 206 valence electrons. The normalized spacial score (nSPS) is 16.1. The monoisotopic (exact) mass is 559 g/mol. The zero-order valence-corrected chi connectivity index (χ0v) is 22.0. The van der Waals surface area contributed by atoms with E-state index < -0.39 is 17.6 Å². The lowest BCUT2D eigenvalue weighted by molar-refractivity contribution is -0.138. The van der Waals surface area contributed by atoms with Gasteiger partial charge < -0.3 is 20.7 Å². The molecule has 12 heteroatoms. The van der Waals surface area contributed by atoms with Crippen LogP contribution < -0.4 is 16.0 Å². The number of hydrogen-bond acceptors (Lipinski definition) is 7. The lowest BCUT2D eigenvalue weighted by Gasteiger charge is -2.27. The van der Waals surface area contributed by atoms with Crippen LogP contribution >= 0.6 is 11.3 Å². The van der Waals surface area contributed by atoms with Crippen LogP contribution in [0.25, 0.3) is 0 Å². The van der Waals surface area contributed by atoms with Crippen LogP contribution in [0.4, 0.5) is 29.7 Å². The van der Waals surface area contributed by atoms with Crippen molar-refractivity contribution in [2.75, 3.05) is 42.3 Å². The molecule has 3 N–H and O–H groups in total. The van der Waals surface area contributed by atoms with Gasteiger partial charge in [0.05, 0.1) is 25.0 Å². The maximum atomic E-state index is 13.9. The molecule has 0 spiro atoms. The van der Waals surface area contributed by atoms with Gasteiger partial charge in [0.1, 0.15) is 4.88 Å². The zero-order chi connectivity index (χ0) is 27.6. The number of anilines is 3. The van der Waals surface area contributed by atoms with Gasteiger partial charge in [-0.2, -0.15) is 13.2 Å². The molecule has 0 atom stereocenters. The number of ether oxygens (including phenoxy) is 1. The fourth-order valence-electron chi connectivity index (χ4n) is 4.19. The van der Waals surface area contributed by atoms with Crippen molar-refractivity contribution in [2.24, 2.45) is 0 Å². The molecule has 2 heterocycles. The van der Waals surface area contributed by atoms with Gasteiger partial charge in [-0.25, -0.2) is 4.98 Å². The Morgan fingerprint density at radius 1 is 1.08 bits per heavy atom. The fraction of sp³-hybridized carbons (Fsp3) is 0.370. The minimum Gasteiger partial charge on any atom is -0.379 e. The number of carbonyl (C=O) groups excluding carboxylic acids is 2. The molecule has 39 heavy (non-hydrogen) atoms. The largest absolute Gasteiger partial charge is 0.416 e. The number of nitrogens with zero attached hydrogens (tertiary/aromatic N) is 2. The molecule has 1 saturated carbocycles. The summed E-state index contributed by atoms with van der Waals surface area (Å²) in [5.41, 5.74) is 0.735. The van der Waals surface area contributed by atoms with Crippen LogP contribution in [0.5, 0.6) is 0 Å². The lowest BCUT2D eigenvalue weighted by atomic mass is 10.0. The predicted molar refractivity (Wildman–Crippen MR) is 143 cm³/mol. The van der Waals surface area contributed by atoms with Crippen molar-refractivity contribution in [3.63, 3.8) is 0 Å². The molecule has 1 saturated heterocycles. The molecule has 5 rings (SSSR count). The summed E-state index contributed by atoms with van der Waals surface area (Å²) in [5.74, 6) is -0.948. The quantitative estimate of drug-likeness (QED) is 0.343. The van der Waals surface area contributed by atoms with E-state index in [9.17, 15) is 22.8 Å². The summed E-state index contributed by atoms with van der Waals surface area (Å²) in [5, 5.41) is 9.29. The first-order valence-electron chi connectivity index (χ1n) is 12.6. The highest BCUT2D eigenvalue weighted by Crippen LogP contribution is 2.35. The first-order chi connectivity index (χ1) is 18.7. The van der Waals surface area contributed by atoms with Crippen molar-refractivity contribution < 1.29 is 27.5 Å². The van der Waals surface area contributed by atoms with Crippen LogP contribution in [0.3, 0.4) is 0 Å². The van der Waals surface area contributed by atoms with E-state index in [2.05, 4.69) is 20.9 Å². The minimum atomic E-state index is -4.58. The van der Waals surface area contributed by atoms with Crippen LogP contribution in [0.2, 0.25) is 0 Å². The Kier molecular flexibility index (Phi) is 7.87. The molecule has 8 nitrogen and oxygen atoms in total. The van der Waals surface area contributed by atoms with Gasteiger partial charge in [-0.3, -0.25) is 14.5 Å². The third kappa shape index (κ3) is 6.94. The number of alkyl halides is 3. The number of hydrogen-bond donors (Lipinski definition) is 3. The minimum absolute atomic E-state index is 0.0320. The van der Waals surface area contributed by atoms with Crippen molar-refractivity contribution in [1.29, 1.82) is 0 Å². The van der Waals surface area contributed by atoms with Gasteiger partial charge in [-0.1, -0.05) is 23.5 Å². The van der Waals surface area contributed by atoms with E-state index in [1.165, 1.54) is 35.7 Å². The highest BCUT2D eigenvalue weighted by Gasteiger charge is 2.34. The van der Waals surface area contributed by atoms with Gasteiger partial charge in [0.15, 0.2) is 5.13 Å². The average Bonchev–Trinajstić information content (AvgIpc) is 3.59. The topological polar surface area (TPSA) is 95.6 Å². The summed E-state index contributed by atoms with van der Waals surface area (Å²) in [6.45, 7) is 4.01. The van der Waals surface area contributed by atoms with Crippen molar-refractivity contribution in [3.05, 3.63) is 69.7 Å². The number of nitrogens with one attached hydrogen (secondary N) is 3. The molecule has 1 aliphatic heterocycles. The van der Waals surface area contributed by atoms with Crippen LogP contribution in [0, 0.1) is 6.92 Å². The Bertz CT molecular complexity index is 1370. The van der Waals surface area contributed by atoms with Crippen molar-refractivity contribution in [2.45, 2.75) is 38.5 Å². The number of rotatable bonds is 8. The molecular weight excluding hydrogens is 531 g/mol. The van der Waals surface area contributed by atoms with Crippen LogP contribution in [-0.4, -0.2) is 54.0 Å².